The van der Waals surface area contributed by atoms with Crippen molar-refractivity contribution in [3.63, 3.8) is 0 Å². The quantitative estimate of drug-likeness (QED) is 0.780. The van der Waals surface area contributed by atoms with E-state index in [1.807, 2.05) is 48.5 Å². The number of hydrogen-bond donors (Lipinski definition) is 1. The molecule has 1 atom stereocenters. The lowest BCUT2D eigenvalue weighted by Gasteiger charge is -2.27. The van der Waals surface area contributed by atoms with Gasteiger partial charge in [0.15, 0.2) is 0 Å². The summed E-state index contributed by atoms with van der Waals surface area (Å²) in [7, 11) is 0. The van der Waals surface area contributed by atoms with E-state index in [1.165, 1.54) is 0 Å². The first-order chi connectivity index (χ1) is 12.1. The lowest BCUT2D eigenvalue weighted by atomic mass is 10.1. The van der Waals surface area contributed by atoms with Crippen LogP contribution in [-0.4, -0.2) is 36.7 Å². The summed E-state index contributed by atoms with van der Waals surface area (Å²) in [5.41, 5.74) is 7.35. The first-order valence-electron chi connectivity index (χ1n) is 8.69. The predicted molar refractivity (Wildman–Crippen MR) is 103 cm³/mol. The van der Waals surface area contributed by atoms with Crippen molar-refractivity contribution in [3.8, 4) is 11.5 Å². The average molecular weight is 338 g/mol. The summed E-state index contributed by atoms with van der Waals surface area (Å²) in [4.78, 5) is 2.38. The van der Waals surface area contributed by atoms with Crippen LogP contribution in [0.5, 0.6) is 11.5 Å². The van der Waals surface area contributed by atoms with Gasteiger partial charge in [-0.1, -0.05) is 30.9 Å². The van der Waals surface area contributed by atoms with E-state index in [2.05, 4.69) is 18.4 Å². The molecular formula is C21H26N2O2. The van der Waals surface area contributed by atoms with Gasteiger partial charge in [-0.3, -0.25) is 4.90 Å². The summed E-state index contributed by atoms with van der Waals surface area (Å²) in [5.74, 6) is 1.76. The third-order valence-corrected chi connectivity index (χ3v) is 4.58. The fraction of sp³-hybridized carbons (Fsp3) is 0.333. The Morgan fingerprint density at radius 3 is 2.76 bits per heavy atom. The molecule has 4 nitrogen and oxygen atoms in total. The normalized spacial score (nSPS) is 20.4. The molecule has 0 spiro atoms. The topological polar surface area (TPSA) is 47.7 Å². The van der Waals surface area contributed by atoms with Gasteiger partial charge < -0.3 is 15.2 Å². The molecule has 0 saturated carbocycles. The van der Waals surface area contributed by atoms with Crippen LogP contribution in [0.1, 0.15) is 18.9 Å². The Morgan fingerprint density at radius 1 is 1.20 bits per heavy atom. The number of ether oxygens (including phenoxy) is 2. The summed E-state index contributed by atoms with van der Waals surface area (Å²) in [6, 6.07) is 15.7. The van der Waals surface area contributed by atoms with E-state index in [0.29, 0.717) is 6.61 Å². The van der Waals surface area contributed by atoms with Gasteiger partial charge in [0.1, 0.15) is 23.7 Å². The number of nitrogens with two attached hydrogens (primary N) is 1. The van der Waals surface area contributed by atoms with Gasteiger partial charge in [0.25, 0.3) is 0 Å². The van der Waals surface area contributed by atoms with Crippen LogP contribution < -0.4 is 15.2 Å². The zero-order chi connectivity index (χ0) is 17.7. The highest BCUT2D eigenvalue weighted by Crippen LogP contribution is 2.29. The van der Waals surface area contributed by atoms with E-state index in [0.717, 1.165) is 48.8 Å². The molecule has 1 heterocycles. The van der Waals surface area contributed by atoms with Crippen molar-refractivity contribution in [1.82, 2.24) is 4.90 Å². The summed E-state index contributed by atoms with van der Waals surface area (Å²) in [6.45, 7) is 9.44. The number of rotatable bonds is 7. The van der Waals surface area contributed by atoms with Gasteiger partial charge in [0.05, 0.1) is 0 Å². The molecule has 2 N–H and O–H groups in total. The number of likely N-dealkylation sites (tertiary alicyclic amines) is 1. The molecule has 0 amide bonds. The Bertz CT molecular complexity index is 717. The Hall–Kier alpha value is -2.46. The number of anilines is 1. The molecule has 0 aliphatic carbocycles. The molecule has 2 aromatic carbocycles. The molecular weight excluding hydrogens is 312 g/mol. The van der Waals surface area contributed by atoms with E-state index in [4.69, 9.17) is 15.2 Å². The minimum Gasteiger partial charge on any atom is -0.492 e. The first-order valence-corrected chi connectivity index (χ1v) is 8.69. The summed E-state index contributed by atoms with van der Waals surface area (Å²) in [5, 5.41) is 0. The first kappa shape index (κ1) is 17.4. The molecule has 1 aliphatic heterocycles. The maximum Gasteiger partial charge on any atom is 0.120 e. The molecule has 1 fully saturated rings. The standard InChI is InChI=1S/C21H26N2O2/c1-3-17-15-19(9-10-20(17)22)25-21(2)11-12-23(16-21)13-14-24-18-7-5-4-6-8-18/h3-10,15H,1,11-14,16,22H2,2H3. The van der Waals surface area contributed by atoms with Crippen LogP contribution in [-0.2, 0) is 0 Å². The Balaban J connectivity index is 1.51. The van der Waals surface area contributed by atoms with E-state index < -0.39 is 0 Å². The lowest BCUT2D eigenvalue weighted by molar-refractivity contribution is 0.0935. The second kappa shape index (κ2) is 7.62. The van der Waals surface area contributed by atoms with Crippen LogP contribution in [0.15, 0.2) is 55.1 Å². The van der Waals surface area contributed by atoms with Crippen LogP contribution in [0.3, 0.4) is 0 Å². The van der Waals surface area contributed by atoms with Crippen molar-refractivity contribution in [3.05, 3.63) is 60.7 Å². The lowest BCUT2D eigenvalue weighted by Crippen LogP contribution is -2.37. The number of hydrogen-bond acceptors (Lipinski definition) is 4. The summed E-state index contributed by atoms with van der Waals surface area (Å²) >= 11 is 0. The Labute approximate surface area is 149 Å². The van der Waals surface area contributed by atoms with Gasteiger partial charge in [-0.25, -0.2) is 0 Å². The van der Waals surface area contributed by atoms with Crippen molar-refractivity contribution < 1.29 is 9.47 Å². The second-order valence-corrected chi connectivity index (χ2v) is 6.73. The van der Waals surface area contributed by atoms with E-state index in [1.54, 1.807) is 6.08 Å². The van der Waals surface area contributed by atoms with Crippen molar-refractivity contribution in [2.24, 2.45) is 0 Å². The average Bonchev–Trinajstić information content (AvgIpc) is 2.98. The van der Waals surface area contributed by atoms with Crippen molar-refractivity contribution in [1.29, 1.82) is 0 Å². The number of nitrogens with zero attached hydrogens (tertiary/aromatic N) is 1. The predicted octanol–water partition coefficient (Wildman–Crippen LogP) is 3.83. The zero-order valence-electron chi connectivity index (χ0n) is 14.8. The molecule has 1 aliphatic rings. The number of benzene rings is 2. The smallest absolute Gasteiger partial charge is 0.120 e. The monoisotopic (exact) mass is 338 g/mol. The SMILES string of the molecule is C=Cc1cc(OC2(C)CCN(CCOc3ccccc3)C2)ccc1N. The molecule has 25 heavy (non-hydrogen) atoms. The molecule has 0 radical (unpaired) electrons. The Morgan fingerprint density at radius 2 is 2.00 bits per heavy atom. The van der Waals surface area contributed by atoms with Gasteiger partial charge in [-0.05, 0) is 37.3 Å². The summed E-state index contributed by atoms with van der Waals surface area (Å²) < 4.78 is 12.1. The second-order valence-electron chi connectivity index (χ2n) is 6.73. The van der Waals surface area contributed by atoms with Gasteiger partial charge >= 0.3 is 0 Å². The van der Waals surface area contributed by atoms with Crippen LogP contribution in [0.25, 0.3) is 6.08 Å². The number of nitrogen functional groups attached to an aromatic ring is 1. The molecule has 0 bridgehead atoms. The van der Waals surface area contributed by atoms with Gasteiger partial charge in [-0.15, -0.1) is 0 Å². The van der Waals surface area contributed by atoms with Gasteiger partial charge in [0, 0.05) is 37.3 Å². The molecule has 132 valence electrons. The highest BCUT2D eigenvalue weighted by atomic mass is 16.5. The molecule has 1 saturated heterocycles. The van der Waals surface area contributed by atoms with Crippen LogP contribution >= 0.6 is 0 Å². The van der Waals surface area contributed by atoms with E-state index >= 15 is 0 Å². The van der Waals surface area contributed by atoms with Crippen molar-refractivity contribution in [2.75, 3.05) is 32.0 Å². The summed E-state index contributed by atoms with van der Waals surface area (Å²) in [6.07, 6.45) is 2.75. The fourth-order valence-corrected chi connectivity index (χ4v) is 3.19. The van der Waals surface area contributed by atoms with E-state index in [-0.39, 0.29) is 5.60 Å². The van der Waals surface area contributed by atoms with Gasteiger partial charge in [0.2, 0.25) is 0 Å². The largest absolute Gasteiger partial charge is 0.492 e. The maximum atomic E-state index is 6.27. The van der Waals surface area contributed by atoms with E-state index in [9.17, 15) is 0 Å². The fourth-order valence-electron chi connectivity index (χ4n) is 3.19. The molecule has 4 heteroatoms. The van der Waals surface area contributed by atoms with Crippen molar-refractivity contribution in [2.45, 2.75) is 18.9 Å². The minimum atomic E-state index is -0.193. The van der Waals surface area contributed by atoms with Crippen LogP contribution in [0.4, 0.5) is 5.69 Å². The molecule has 2 aromatic rings. The maximum absolute atomic E-state index is 6.27. The Kier molecular flexibility index (Phi) is 5.29. The zero-order valence-corrected chi connectivity index (χ0v) is 14.8. The highest BCUT2D eigenvalue weighted by molar-refractivity contribution is 5.65. The third kappa shape index (κ3) is 4.54. The minimum absolute atomic E-state index is 0.193. The van der Waals surface area contributed by atoms with Crippen LogP contribution in [0, 0.1) is 0 Å². The molecule has 1 unspecified atom stereocenters. The number of para-hydroxylation sites is 1. The highest BCUT2D eigenvalue weighted by Gasteiger charge is 2.35. The molecule has 0 aromatic heterocycles. The van der Waals surface area contributed by atoms with Crippen LogP contribution in [0.2, 0.25) is 0 Å². The van der Waals surface area contributed by atoms with Crippen molar-refractivity contribution >= 4 is 11.8 Å². The van der Waals surface area contributed by atoms with Gasteiger partial charge in [-0.2, -0.15) is 0 Å². The molecule has 3 rings (SSSR count). The third-order valence-electron chi connectivity index (χ3n) is 4.58.